The monoisotopic (exact) mass is 339 g/mol. The fourth-order valence-corrected chi connectivity index (χ4v) is 5.29. The highest BCUT2D eigenvalue weighted by Crippen LogP contribution is 2.58. The van der Waals surface area contributed by atoms with E-state index < -0.39 is 5.41 Å². The molecule has 4 rings (SSSR count). The Balaban J connectivity index is 1.85. The SMILES string of the molecule is CC12CCCC(C1=O)C(c1ccccc1)N(Cl)C2c1ccccc1. The van der Waals surface area contributed by atoms with Gasteiger partial charge in [0.15, 0.2) is 0 Å². The molecular formula is C21H22ClNO. The summed E-state index contributed by atoms with van der Waals surface area (Å²) in [6.07, 6.45) is 2.93. The maximum Gasteiger partial charge on any atom is 0.145 e. The third-order valence-electron chi connectivity index (χ3n) is 5.86. The smallest absolute Gasteiger partial charge is 0.145 e. The molecule has 1 aliphatic carbocycles. The zero-order valence-electron chi connectivity index (χ0n) is 13.9. The molecule has 0 N–H and O–H groups in total. The first kappa shape index (κ1) is 15.9. The third-order valence-corrected chi connectivity index (χ3v) is 6.27. The van der Waals surface area contributed by atoms with Gasteiger partial charge in [0.25, 0.3) is 0 Å². The molecule has 24 heavy (non-hydrogen) atoms. The van der Waals surface area contributed by atoms with Crippen LogP contribution in [0.2, 0.25) is 0 Å². The van der Waals surface area contributed by atoms with Crippen LogP contribution in [0.1, 0.15) is 49.4 Å². The number of halogens is 1. The van der Waals surface area contributed by atoms with Crippen LogP contribution in [0.15, 0.2) is 60.7 Å². The number of ketones is 1. The highest BCUT2D eigenvalue weighted by molar-refractivity contribution is 6.15. The molecule has 4 unspecified atom stereocenters. The Kier molecular flexibility index (Phi) is 3.98. The van der Waals surface area contributed by atoms with E-state index in [2.05, 4.69) is 31.2 Å². The molecule has 0 spiro atoms. The molecule has 2 nitrogen and oxygen atoms in total. The van der Waals surface area contributed by atoms with Crippen LogP contribution in [-0.2, 0) is 4.79 Å². The lowest BCUT2D eigenvalue weighted by atomic mass is 9.59. The van der Waals surface area contributed by atoms with Crippen molar-refractivity contribution in [2.75, 3.05) is 0 Å². The molecule has 2 bridgehead atoms. The first-order valence-electron chi connectivity index (χ1n) is 8.71. The standard InChI is InChI=1S/C21H22ClNO/c1-21-14-8-13-17(20(21)24)18(15-9-4-2-5-10-15)23(22)19(21)16-11-6-3-7-12-16/h2-7,9-12,17-19H,8,13-14H2,1H3. The minimum Gasteiger partial charge on any atom is -0.299 e. The average molecular weight is 340 g/mol. The molecule has 4 atom stereocenters. The van der Waals surface area contributed by atoms with Crippen molar-refractivity contribution < 1.29 is 4.79 Å². The third kappa shape index (κ3) is 2.32. The summed E-state index contributed by atoms with van der Waals surface area (Å²) in [5.41, 5.74) is 1.86. The summed E-state index contributed by atoms with van der Waals surface area (Å²) >= 11 is 6.96. The maximum atomic E-state index is 13.4. The molecule has 1 saturated heterocycles. The lowest BCUT2D eigenvalue weighted by molar-refractivity contribution is -0.150. The van der Waals surface area contributed by atoms with Crippen LogP contribution in [0.3, 0.4) is 0 Å². The van der Waals surface area contributed by atoms with Crippen molar-refractivity contribution in [3.8, 4) is 0 Å². The fraction of sp³-hybridized carbons (Fsp3) is 0.381. The zero-order chi connectivity index (χ0) is 16.7. The second kappa shape index (κ2) is 6.02. The van der Waals surface area contributed by atoms with Crippen LogP contribution in [0, 0.1) is 11.3 Å². The highest BCUT2D eigenvalue weighted by atomic mass is 35.5. The van der Waals surface area contributed by atoms with Crippen molar-refractivity contribution in [3.05, 3.63) is 71.8 Å². The zero-order valence-corrected chi connectivity index (χ0v) is 14.6. The molecule has 3 heteroatoms. The number of Topliss-reactive ketones (excluding diaryl/α,β-unsaturated/α-hetero) is 1. The van der Waals surface area contributed by atoms with Crippen LogP contribution in [0.25, 0.3) is 0 Å². The number of nitrogens with zero attached hydrogens (tertiary/aromatic N) is 1. The summed E-state index contributed by atoms with van der Waals surface area (Å²) in [6.45, 7) is 2.11. The van der Waals surface area contributed by atoms with Gasteiger partial charge in [-0.25, -0.2) is 4.42 Å². The number of carbonyl (C=O) groups excluding carboxylic acids is 1. The molecular weight excluding hydrogens is 318 g/mol. The van der Waals surface area contributed by atoms with Gasteiger partial charge in [0.1, 0.15) is 5.78 Å². The van der Waals surface area contributed by atoms with E-state index >= 15 is 0 Å². The Hall–Kier alpha value is -1.64. The largest absolute Gasteiger partial charge is 0.299 e. The van der Waals surface area contributed by atoms with E-state index in [0.717, 1.165) is 30.4 Å². The van der Waals surface area contributed by atoms with Crippen LogP contribution in [0.5, 0.6) is 0 Å². The molecule has 2 fully saturated rings. The van der Waals surface area contributed by atoms with E-state index in [4.69, 9.17) is 11.8 Å². The Labute approximate surface area is 148 Å². The Morgan fingerprint density at radius 1 is 1.00 bits per heavy atom. The average Bonchev–Trinajstić information content (AvgIpc) is 2.60. The minimum atomic E-state index is -0.405. The minimum absolute atomic E-state index is 0.0105. The number of piperidine rings is 1. The van der Waals surface area contributed by atoms with Gasteiger partial charge in [-0.3, -0.25) is 4.79 Å². The maximum absolute atomic E-state index is 13.4. The Bertz CT molecular complexity index is 732. The normalized spacial score (nSPS) is 33.4. The number of fused-ring (bicyclic) bond motifs is 2. The van der Waals surface area contributed by atoms with Crippen molar-refractivity contribution >= 4 is 17.6 Å². The molecule has 0 radical (unpaired) electrons. The number of hydrogen-bond acceptors (Lipinski definition) is 2. The summed E-state index contributed by atoms with van der Waals surface area (Å²) < 4.78 is 1.94. The van der Waals surface area contributed by atoms with Gasteiger partial charge in [-0.1, -0.05) is 74.0 Å². The van der Waals surface area contributed by atoms with Gasteiger partial charge >= 0.3 is 0 Å². The number of hydrogen-bond donors (Lipinski definition) is 0. The summed E-state index contributed by atoms with van der Waals surface area (Å²) in [6, 6.07) is 20.3. The van der Waals surface area contributed by atoms with Crippen LogP contribution >= 0.6 is 11.8 Å². The highest BCUT2D eigenvalue weighted by Gasteiger charge is 2.57. The van der Waals surface area contributed by atoms with Gasteiger partial charge < -0.3 is 0 Å². The molecule has 0 amide bonds. The van der Waals surface area contributed by atoms with Gasteiger partial charge in [-0.05, 0) is 35.7 Å². The van der Waals surface area contributed by atoms with E-state index in [1.807, 2.05) is 40.8 Å². The van der Waals surface area contributed by atoms with E-state index in [1.54, 1.807) is 0 Å². The Morgan fingerprint density at radius 2 is 1.58 bits per heavy atom. The number of carbonyl (C=O) groups is 1. The van der Waals surface area contributed by atoms with Crippen LogP contribution < -0.4 is 0 Å². The first-order valence-corrected chi connectivity index (χ1v) is 9.05. The van der Waals surface area contributed by atoms with Gasteiger partial charge in [0.05, 0.1) is 12.1 Å². The van der Waals surface area contributed by atoms with Gasteiger partial charge in [0, 0.05) is 11.3 Å². The summed E-state index contributed by atoms with van der Waals surface area (Å²) in [4.78, 5) is 13.4. The lowest BCUT2D eigenvalue weighted by Gasteiger charge is -2.54. The van der Waals surface area contributed by atoms with E-state index in [0.29, 0.717) is 5.78 Å². The van der Waals surface area contributed by atoms with Crippen molar-refractivity contribution in [2.24, 2.45) is 11.3 Å². The van der Waals surface area contributed by atoms with Gasteiger partial charge in [0.2, 0.25) is 0 Å². The summed E-state index contributed by atoms with van der Waals surface area (Å²) in [7, 11) is 0. The number of rotatable bonds is 2. The van der Waals surface area contributed by atoms with E-state index in [-0.39, 0.29) is 18.0 Å². The van der Waals surface area contributed by atoms with Crippen LogP contribution in [0.4, 0.5) is 0 Å². The van der Waals surface area contributed by atoms with Crippen molar-refractivity contribution in [3.63, 3.8) is 0 Å². The molecule has 2 aliphatic rings. The second-order valence-electron chi connectivity index (χ2n) is 7.29. The topological polar surface area (TPSA) is 20.3 Å². The molecule has 0 aromatic heterocycles. The molecule has 2 aromatic rings. The molecule has 124 valence electrons. The molecule has 1 aliphatic heterocycles. The predicted molar refractivity (Wildman–Crippen MR) is 96.5 cm³/mol. The Morgan fingerprint density at radius 3 is 2.21 bits per heavy atom. The first-order chi connectivity index (χ1) is 11.6. The van der Waals surface area contributed by atoms with Crippen molar-refractivity contribution in [1.82, 2.24) is 4.42 Å². The predicted octanol–water partition coefficient (Wildman–Crippen LogP) is 5.31. The van der Waals surface area contributed by atoms with Gasteiger partial charge in [-0.2, -0.15) is 0 Å². The van der Waals surface area contributed by atoms with Crippen molar-refractivity contribution in [2.45, 2.75) is 38.3 Å². The van der Waals surface area contributed by atoms with E-state index in [9.17, 15) is 4.79 Å². The van der Waals surface area contributed by atoms with Crippen molar-refractivity contribution in [1.29, 1.82) is 0 Å². The lowest BCUT2D eigenvalue weighted by Crippen LogP contribution is -2.55. The fourth-order valence-electron chi connectivity index (χ4n) is 4.71. The quantitative estimate of drug-likeness (QED) is 0.691. The molecule has 1 saturated carbocycles. The molecule has 2 aromatic carbocycles. The van der Waals surface area contributed by atoms with Gasteiger partial charge in [-0.15, -0.1) is 0 Å². The summed E-state index contributed by atoms with van der Waals surface area (Å²) in [5.74, 6) is 0.372. The number of benzene rings is 2. The second-order valence-corrected chi connectivity index (χ2v) is 7.68. The van der Waals surface area contributed by atoms with E-state index in [1.165, 1.54) is 0 Å². The molecule has 1 heterocycles. The summed E-state index contributed by atoms with van der Waals surface area (Å²) in [5, 5.41) is 0. The van der Waals surface area contributed by atoms with Crippen LogP contribution in [-0.4, -0.2) is 10.2 Å².